The van der Waals surface area contributed by atoms with Crippen LogP contribution in [0.4, 0.5) is 0 Å². The molecule has 3 N–H and O–H groups in total. The quantitative estimate of drug-likeness (QED) is 0.779. The molecule has 0 aromatic heterocycles. The van der Waals surface area contributed by atoms with Crippen LogP contribution in [0.5, 0.6) is 0 Å². The van der Waals surface area contributed by atoms with E-state index in [9.17, 15) is 5.11 Å². The first-order valence-corrected chi connectivity index (χ1v) is 4.57. The lowest BCUT2D eigenvalue weighted by Gasteiger charge is -2.16. The molecule has 0 aliphatic rings. The van der Waals surface area contributed by atoms with Crippen LogP contribution in [0, 0.1) is 11.3 Å². The fourth-order valence-electron chi connectivity index (χ4n) is 1.18. The van der Waals surface area contributed by atoms with Crippen LogP contribution in [0.2, 0.25) is 5.02 Å². The van der Waals surface area contributed by atoms with Crippen molar-refractivity contribution in [3.8, 4) is 6.07 Å². The monoisotopic (exact) mass is 210 g/mol. The van der Waals surface area contributed by atoms with Gasteiger partial charge in [-0.1, -0.05) is 17.7 Å². The maximum absolute atomic E-state index is 9.30. The van der Waals surface area contributed by atoms with Gasteiger partial charge in [0.1, 0.15) is 0 Å². The van der Waals surface area contributed by atoms with Gasteiger partial charge in [0, 0.05) is 5.02 Å². The Bertz CT molecular complexity index is 371. The number of halogens is 1. The van der Waals surface area contributed by atoms with Crippen LogP contribution in [-0.2, 0) is 0 Å². The summed E-state index contributed by atoms with van der Waals surface area (Å²) in [5.41, 5.74) is 6.75. The van der Waals surface area contributed by atoms with Crippen molar-refractivity contribution in [2.24, 2.45) is 5.73 Å². The molecule has 14 heavy (non-hydrogen) atoms. The van der Waals surface area contributed by atoms with Crippen LogP contribution < -0.4 is 5.73 Å². The molecule has 3 nitrogen and oxygen atoms in total. The molecule has 74 valence electrons. The van der Waals surface area contributed by atoms with Gasteiger partial charge in [0.05, 0.1) is 23.8 Å². The fraction of sp³-hybridized carbons (Fsp3) is 0.300. The molecule has 0 heterocycles. The summed E-state index contributed by atoms with van der Waals surface area (Å²) in [5, 5.41) is 18.6. The van der Waals surface area contributed by atoms with Gasteiger partial charge in [-0.2, -0.15) is 5.26 Å². The van der Waals surface area contributed by atoms with Gasteiger partial charge in [-0.25, -0.2) is 0 Å². The molecule has 1 aromatic carbocycles. The average Bonchev–Trinajstić information content (AvgIpc) is 2.16. The molecule has 0 saturated carbocycles. The van der Waals surface area contributed by atoms with E-state index in [0.29, 0.717) is 16.1 Å². The van der Waals surface area contributed by atoms with E-state index < -0.39 is 12.1 Å². The van der Waals surface area contributed by atoms with E-state index in [4.69, 9.17) is 22.6 Å². The van der Waals surface area contributed by atoms with Crippen LogP contribution >= 0.6 is 11.6 Å². The van der Waals surface area contributed by atoms with E-state index >= 15 is 0 Å². The van der Waals surface area contributed by atoms with Crippen LogP contribution in [0.25, 0.3) is 0 Å². The Morgan fingerprint density at radius 1 is 1.57 bits per heavy atom. The van der Waals surface area contributed by atoms with Crippen molar-refractivity contribution in [2.45, 2.75) is 19.1 Å². The van der Waals surface area contributed by atoms with Crippen LogP contribution in [-0.4, -0.2) is 11.2 Å². The van der Waals surface area contributed by atoms with E-state index in [-0.39, 0.29) is 0 Å². The topological polar surface area (TPSA) is 70.0 Å². The summed E-state index contributed by atoms with van der Waals surface area (Å²) in [5.74, 6) is 0. The molecule has 1 aromatic rings. The molecule has 2 atom stereocenters. The number of aliphatic hydroxyl groups excluding tert-OH is 1. The third-order valence-electron chi connectivity index (χ3n) is 2.01. The zero-order chi connectivity index (χ0) is 10.7. The zero-order valence-electron chi connectivity index (χ0n) is 7.74. The molecule has 0 aliphatic carbocycles. The second-order valence-corrected chi connectivity index (χ2v) is 3.55. The molecule has 0 spiro atoms. The van der Waals surface area contributed by atoms with Crippen molar-refractivity contribution >= 4 is 11.6 Å². The van der Waals surface area contributed by atoms with Gasteiger partial charge in [0.2, 0.25) is 0 Å². The maximum atomic E-state index is 9.30. The highest BCUT2D eigenvalue weighted by molar-refractivity contribution is 6.30. The minimum atomic E-state index is -0.691. The van der Waals surface area contributed by atoms with Crippen LogP contribution in [0.3, 0.4) is 0 Å². The predicted molar refractivity (Wildman–Crippen MR) is 54.8 cm³/mol. The molecule has 0 saturated heterocycles. The van der Waals surface area contributed by atoms with Crippen molar-refractivity contribution in [2.75, 3.05) is 0 Å². The first-order chi connectivity index (χ1) is 6.56. The molecular weight excluding hydrogens is 200 g/mol. The second-order valence-electron chi connectivity index (χ2n) is 3.11. The molecule has 0 unspecified atom stereocenters. The molecule has 0 radical (unpaired) electrons. The third-order valence-corrected chi connectivity index (χ3v) is 2.25. The Hall–Kier alpha value is -1.08. The Morgan fingerprint density at radius 2 is 2.21 bits per heavy atom. The van der Waals surface area contributed by atoms with E-state index in [1.165, 1.54) is 0 Å². The Balaban J connectivity index is 3.16. The second kappa shape index (κ2) is 4.43. The minimum absolute atomic E-state index is 0.408. The van der Waals surface area contributed by atoms with Gasteiger partial charge >= 0.3 is 0 Å². The Labute approximate surface area is 87.7 Å². The molecule has 0 amide bonds. The summed E-state index contributed by atoms with van der Waals surface area (Å²) in [4.78, 5) is 0. The summed E-state index contributed by atoms with van der Waals surface area (Å²) in [6.07, 6.45) is -0.691. The lowest BCUT2D eigenvalue weighted by Crippen LogP contribution is -2.24. The normalized spacial score (nSPS) is 14.5. The smallest absolute Gasteiger partial charge is 0.0995 e. The third kappa shape index (κ3) is 2.24. The lowest BCUT2D eigenvalue weighted by molar-refractivity contribution is 0.164. The number of hydrogen-bond acceptors (Lipinski definition) is 3. The number of hydrogen-bond donors (Lipinski definition) is 2. The first-order valence-electron chi connectivity index (χ1n) is 4.19. The lowest BCUT2D eigenvalue weighted by atomic mass is 9.98. The summed E-state index contributed by atoms with van der Waals surface area (Å²) in [6, 6.07) is 6.30. The van der Waals surface area contributed by atoms with Gasteiger partial charge in [-0.05, 0) is 24.6 Å². The zero-order valence-corrected chi connectivity index (χ0v) is 8.49. The summed E-state index contributed by atoms with van der Waals surface area (Å²) < 4.78 is 0. The Kier molecular flexibility index (Phi) is 3.48. The number of nitriles is 1. The molecule has 1 rings (SSSR count). The van der Waals surface area contributed by atoms with Crippen molar-refractivity contribution in [3.05, 3.63) is 34.3 Å². The van der Waals surface area contributed by atoms with Crippen molar-refractivity contribution < 1.29 is 5.11 Å². The molecule has 4 heteroatoms. The largest absolute Gasteiger partial charge is 0.391 e. The summed E-state index contributed by atoms with van der Waals surface area (Å²) in [6.45, 7) is 1.58. The van der Waals surface area contributed by atoms with Crippen molar-refractivity contribution in [1.29, 1.82) is 5.26 Å². The van der Waals surface area contributed by atoms with Crippen molar-refractivity contribution in [1.82, 2.24) is 0 Å². The number of rotatable bonds is 2. The standard InChI is InChI=1S/C10H11ClN2O/c1-6(14)10(13)9-3-2-8(11)4-7(9)5-12/h2-4,6,10,14H,13H2,1H3/t6-,10+/m1/s1. The number of nitrogens with two attached hydrogens (primary N) is 1. The summed E-state index contributed by atoms with van der Waals surface area (Å²) in [7, 11) is 0. The van der Waals surface area contributed by atoms with Gasteiger partial charge in [0.15, 0.2) is 0 Å². The molecule has 0 bridgehead atoms. The maximum Gasteiger partial charge on any atom is 0.0995 e. The van der Waals surface area contributed by atoms with Crippen LogP contribution in [0.15, 0.2) is 18.2 Å². The average molecular weight is 211 g/mol. The highest BCUT2D eigenvalue weighted by atomic mass is 35.5. The molecule has 0 aliphatic heterocycles. The van der Waals surface area contributed by atoms with Crippen molar-refractivity contribution in [3.63, 3.8) is 0 Å². The van der Waals surface area contributed by atoms with Gasteiger partial charge in [-0.3, -0.25) is 0 Å². The van der Waals surface area contributed by atoms with E-state index in [2.05, 4.69) is 0 Å². The first kappa shape index (κ1) is 11.0. The van der Waals surface area contributed by atoms with E-state index in [0.717, 1.165) is 0 Å². The van der Waals surface area contributed by atoms with Crippen LogP contribution in [0.1, 0.15) is 24.1 Å². The highest BCUT2D eigenvalue weighted by Gasteiger charge is 2.15. The van der Waals surface area contributed by atoms with E-state index in [1.807, 2.05) is 6.07 Å². The van der Waals surface area contributed by atoms with Gasteiger partial charge < -0.3 is 10.8 Å². The SMILES string of the molecule is C[C@@H](O)[C@H](N)c1ccc(Cl)cc1C#N. The number of aliphatic hydroxyl groups is 1. The van der Waals surface area contributed by atoms with Gasteiger partial charge in [-0.15, -0.1) is 0 Å². The Morgan fingerprint density at radius 3 is 2.71 bits per heavy atom. The highest BCUT2D eigenvalue weighted by Crippen LogP contribution is 2.22. The molecular formula is C10H11ClN2O. The fourth-order valence-corrected chi connectivity index (χ4v) is 1.35. The minimum Gasteiger partial charge on any atom is -0.391 e. The molecule has 0 fully saturated rings. The number of benzene rings is 1. The van der Waals surface area contributed by atoms with E-state index in [1.54, 1.807) is 25.1 Å². The summed E-state index contributed by atoms with van der Waals surface area (Å²) >= 11 is 5.73. The predicted octanol–water partition coefficient (Wildman–Crippen LogP) is 1.59. The number of nitrogens with zero attached hydrogens (tertiary/aromatic N) is 1. The van der Waals surface area contributed by atoms with Gasteiger partial charge in [0.25, 0.3) is 0 Å².